The normalized spacial score (nSPS) is 12.0. The molecule has 0 saturated carbocycles. The van der Waals surface area contributed by atoms with Gasteiger partial charge in [-0.2, -0.15) is 0 Å². The minimum Gasteiger partial charge on any atom is -0.338 e. The lowest BCUT2D eigenvalue weighted by molar-refractivity contribution is -0.129. The molecule has 118 valence electrons. The van der Waals surface area contributed by atoms with Crippen LogP contribution < -0.4 is 0 Å². The van der Waals surface area contributed by atoms with Crippen LogP contribution in [0.3, 0.4) is 0 Å². The molecule has 2 aromatic rings. The van der Waals surface area contributed by atoms with E-state index in [1.165, 1.54) is 6.08 Å². The molecule has 0 atom stereocenters. The van der Waals surface area contributed by atoms with E-state index in [1.54, 1.807) is 18.2 Å². The number of H-pyrrole nitrogens is 1. The van der Waals surface area contributed by atoms with Gasteiger partial charge in [-0.1, -0.05) is 23.2 Å². The molecule has 0 aliphatic heterocycles. The first kappa shape index (κ1) is 16.8. The third-order valence-corrected chi connectivity index (χ3v) is 3.78. The predicted molar refractivity (Wildman–Crippen MR) is 92.3 cm³/mol. The summed E-state index contributed by atoms with van der Waals surface area (Å²) in [6, 6.07) is 3.68. The second-order valence-electron chi connectivity index (χ2n) is 5.67. The second-order valence-corrected chi connectivity index (χ2v) is 6.52. The summed E-state index contributed by atoms with van der Waals surface area (Å²) in [4.78, 5) is 21.6. The van der Waals surface area contributed by atoms with E-state index < -0.39 is 0 Å². The number of aromatic nitrogens is 2. The Hall–Kier alpha value is -1.52. The van der Waals surface area contributed by atoms with E-state index in [0.29, 0.717) is 21.4 Å². The molecule has 1 aromatic carbocycles. The molecular weight excluding hydrogens is 321 g/mol. The number of nitrogens with one attached hydrogen (secondary N) is 1. The minimum absolute atomic E-state index is 0.0467. The standard InChI is InChI=1S/C16H19Cl2N3O/c1-9(2)21(10(3)4)15(22)6-5-14-19-13-8-11(17)7-12(18)16(13)20-14/h5-10H,1-4H3,(H,19,20). The van der Waals surface area contributed by atoms with Gasteiger partial charge in [0.1, 0.15) is 11.3 Å². The Morgan fingerprint density at radius 3 is 2.45 bits per heavy atom. The van der Waals surface area contributed by atoms with Crippen molar-refractivity contribution in [2.24, 2.45) is 0 Å². The molecule has 0 saturated heterocycles. The van der Waals surface area contributed by atoms with Crippen LogP contribution in [0.1, 0.15) is 33.5 Å². The SMILES string of the molecule is CC(C)N(C(=O)C=Cc1nc2c(Cl)cc(Cl)cc2[nH]1)C(C)C. The van der Waals surface area contributed by atoms with Gasteiger partial charge in [0.2, 0.25) is 5.91 Å². The number of carbonyl (C=O) groups is 1. The number of hydrogen-bond donors (Lipinski definition) is 1. The summed E-state index contributed by atoms with van der Waals surface area (Å²) in [5, 5.41) is 1.02. The van der Waals surface area contributed by atoms with Crippen molar-refractivity contribution < 1.29 is 4.79 Å². The van der Waals surface area contributed by atoms with Crippen LogP contribution in [0.5, 0.6) is 0 Å². The summed E-state index contributed by atoms with van der Waals surface area (Å²) < 4.78 is 0. The van der Waals surface area contributed by atoms with Crippen LogP contribution in [-0.2, 0) is 4.79 Å². The van der Waals surface area contributed by atoms with Gasteiger partial charge >= 0.3 is 0 Å². The Labute approximate surface area is 140 Å². The second kappa shape index (κ2) is 6.71. The molecule has 0 bridgehead atoms. The van der Waals surface area contributed by atoms with E-state index in [9.17, 15) is 4.79 Å². The number of hydrogen-bond acceptors (Lipinski definition) is 2. The minimum atomic E-state index is -0.0467. The Kier molecular flexibility index (Phi) is 5.14. The van der Waals surface area contributed by atoms with Gasteiger partial charge in [-0.15, -0.1) is 0 Å². The van der Waals surface area contributed by atoms with E-state index >= 15 is 0 Å². The maximum absolute atomic E-state index is 12.3. The molecule has 4 nitrogen and oxygen atoms in total. The lowest BCUT2D eigenvalue weighted by atomic mass is 10.2. The molecule has 0 fully saturated rings. The Balaban J connectivity index is 2.26. The van der Waals surface area contributed by atoms with Crippen LogP contribution in [0.15, 0.2) is 18.2 Å². The molecule has 0 radical (unpaired) electrons. The van der Waals surface area contributed by atoms with Gasteiger partial charge in [0.25, 0.3) is 0 Å². The highest BCUT2D eigenvalue weighted by atomic mass is 35.5. The van der Waals surface area contributed by atoms with Gasteiger partial charge < -0.3 is 9.88 Å². The average molecular weight is 340 g/mol. The summed E-state index contributed by atoms with van der Waals surface area (Å²) in [6.07, 6.45) is 3.18. The number of fused-ring (bicyclic) bond motifs is 1. The highest BCUT2D eigenvalue weighted by Gasteiger charge is 2.17. The van der Waals surface area contributed by atoms with Gasteiger partial charge in [-0.25, -0.2) is 4.98 Å². The molecule has 0 aliphatic rings. The fourth-order valence-corrected chi connectivity index (χ4v) is 3.02. The van der Waals surface area contributed by atoms with Crippen molar-refractivity contribution >= 4 is 46.2 Å². The third kappa shape index (κ3) is 3.62. The first-order valence-electron chi connectivity index (χ1n) is 7.14. The maximum atomic E-state index is 12.3. The van der Waals surface area contributed by atoms with Crippen LogP contribution >= 0.6 is 23.2 Å². The highest BCUT2D eigenvalue weighted by molar-refractivity contribution is 6.38. The first-order chi connectivity index (χ1) is 10.3. The number of aromatic amines is 1. The number of amides is 1. The number of benzene rings is 1. The monoisotopic (exact) mass is 339 g/mol. The molecule has 0 spiro atoms. The summed E-state index contributed by atoms with van der Waals surface area (Å²) in [5.74, 6) is 0.523. The fraction of sp³-hybridized carbons (Fsp3) is 0.375. The Morgan fingerprint density at radius 2 is 1.86 bits per heavy atom. The van der Waals surface area contributed by atoms with Crippen molar-refractivity contribution in [1.82, 2.24) is 14.9 Å². The van der Waals surface area contributed by atoms with Crippen molar-refractivity contribution in [3.05, 3.63) is 34.1 Å². The van der Waals surface area contributed by atoms with Crippen molar-refractivity contribution in [2.75, 3.05) is 0 Å². The Bertz CT molecular complexity index is 711. The van der Waals surface area contributed by atoms with Crippen LogP contribution in [0.2, 0.25) is 10.0 Å². The van der Waals surface area contributed by atoms with Crippen molar-refractivity contribution in [3.8, 4) is 0 Å². The van der Waals surface area contributed by atoms with Crippen LogP contribution in [-0.4, -0.2) is 32.9 Å². The zero-order chi connectivity index (χ0) is 16.4. The zero-order valence-electron chi connectivity index (χ0n) is 13.0. The van der Waals surface area contributed by atoms with Gasteiger partial charge in [0, 0.05) is 23.2 Å². The van der Waals surface area contributed by atoms with E-state index in [2.05, 4.69) is 9.97 Å². The summed E-state index contributed by atoms with van der Waals surface area (Å²) in [5.41, 5.74) is 1.39. The Morgan fingerprint density at radius 1 is 1.23 bits per heavy atom. The summed E-state index contributed by atoms with van der Waals surface area (Å²) in [7, 11) is 0. The molecule has 6 heteroatoms. The van der Waals surface area contributed by atoms with Crippen LogP contribution in [0.25, 0.3) is 17.1 Å². The molecule has 0 unspecified atom stereocenters. The molecule has 2 rings (SSSR count). The molecule has 1 N–H and O–H groups in total. The predicted octanol–water partition coefficient (Wildman–Crippen LogP) is 4.53. The lowest BCUT2D eigenvalue weighted by Crippen LogP contribution is -2.41. The highest BCUT2D eigenvalue weighted by Crippen LogP contribution is 2.26. The summed E-state index contributed by atoms with van der Waals surface area (Å²) >= 11 is 12.1. The molecule has 1 aromatic heterocycles. The number of imidazole rings is 1. The van der Waals surface area contributed by atoms with Crippen LogP contribution in [0.4, 0.5) is 0 Å². The van der Waals surface area contributed by atoms with Crippen molar-refractivity contribution in [2.45, 2.75) is 39.8 Å². The zero-order valence-corrected chi connectivity index (χ0v) is 14.5. The van der Waals surface area contributed by atoms with E-state index in [1.807, 2.05) is 32.6 Å². The van der Waals surface area contributed by atoms with Gasteiger partial charge in [0.15, 0.2) is 0 Å². The van der Waals surface area contributed by atoms with E-state index in [0.717, 1.165) is 5.52 Å². The molecule has 1 heterocycles. The van der Waals surface area contributed by atoms with Gasteiger partial charge in [-0.3, -0.25) is 4.79 Å². The largest absolute Gasteiger partial charge is 0.338 e. The number of nitrogens with zero attached hydrogens (tertiary/aromatic N) is 2. The van der Waals surface area contributed by atoms with Gasteiger partial charge in [-0.05, 0) is 45.9 Å². The summed E-state index contributed by atoms with van der Waals surface area (Å²) in [6.45, 7) is 7.98. The molecular formula is C16H19Cl2N3O. The number of halogens is 2. The van der Waals surface area contributed by atoms with Crippen molar-refractivity contribution in [1.29, 1.82) is 0 Å². The quantitative estimate of drug-likeness (QED) is 0.832. The molecule has 0 aliphatic carbocycles. The van der Waals surface area contributed by atoms with E-state index in [4.69, 9.17) is 23.2 Å². The van der Waals surface area contributed by atoms with E-state index in [-0.39, 0.29) is 18.0 Å². The number of carbonyl (C=O) groups excluding carboxylic acids is 1. The fourth-order valence-electron chi connectivity index (χ4n) is 2.48. The average Bonchev–Trinajstić information content (AvgIpc) is 2.78. The molecule has 22 heavy (non-hydrogen) atoms. The third-order valence-electron chi connectivity index (χ3n) is 3.27. The lowest BCUT2D eigenvalue weighted by Gasteiger charge is -2.29. The maximum Gasteiger partial charge on any atom is 0.247 e. The van der Waals surface area contributed by atoms with Crippen LogP contribution in [0, 0.1) is 0 Å². The van der Waals surface area contributed by atoms with Crippen molar-refractivity contribution in [3.63, 3.8) is 0 Å². The number of rotatable bonds is 4. The molecule has 1 amide bonds. The first-order valence-corrected chi connectivity index (χ1v) is 7.90. The smallest absolute Gasteiger partial charge is 0.247 e. The van der Waals surface area contributed by atoms with Gasteiger partial charge in [0.05, 0.1) is 10.5 Å². The topological polar surface area (TPSA) is 49.0 Å².